The highest BCUT2D eigenvalue weighted by Crippen LogP contribution is 2.24. The molecule has 0 radical (unpaired) electrons. The Balaban J connectivity index is 1.76. The third kappa shape index (κ3) is 2.91. The molecule has 0 amide bonds. The van der Waals surface area contributed by atoms with Crippen molar-refractivity contribution >= 4 is 23.2 Å². The van der Waals surface area contributed by atoms with Crippen molar-refractivity contribution in [1.82, 2.24) is 15.5 Å². The first kappa shape index (κ1) is 12.9. The maximum atomic E-state index is 6.13. The summed E-state index contributed by atoms with van der Waals surface area (Å²) in [4.78, 5) is 4.44. The molecule has 1 fully saturated rings. The summed E-state index contributed by atoms with van der Waals surface area (Å²) >= 11 is 12.0. The van der Waals surface area contributed by atoms with E-state index in [1.807, 2.05) is 12.1 Å². The molecule has 2 heterocycles. The number of halogens is 2. The first-order valence-electron chi connectivity index (χ1n) is 6.19. The second kappa shape index (κ2) is 5.49. The molecule has 1 aliphatic rings. The van der Waals surface area contributed by atoms with Gasteiger partial charge in [0.15, 0.2) is 5.82 Å². The van der Waals surface area contributed by atoms with E-state index in [9.17, 15) is 0 Å². The summed E-state index contributed by atoms with van der Waals surface area (Å²) in [7, 11) is 0. The van der Waals surface area contributed by atoms with Crippen LogP contribution >= 0.6 is 23.2 Å². The summed E-state index contributed by atoms with van der Waals surface area (Å²) in [5, 5.41) is 8.55. The quantitative estimate of drug-likeness (QED) is 0.946. The lowest BCUT2D eigenvalue weighted by atomic mass is 10.1. The number of rotatable bonds is 3. The largest absolute Gasteiger partial charge is 0.339 e. The molecule has 0 aliphatic carbocycles. The zero-order valence-electron chi connectivity index (χ0n) is 10.2. The van der Waals surface area contributed by atoms with Crippen LogP contribution in [0.25, 0.3) is 0 Å². The number of benzene rings is 1. The fourth-order valence-electron chi connectivity index (χ4n) is 2.21. The molecule has 3 rings (SSSR count). The Morgan fingerprint density at radius 3 is 3.00 bits per heavy atom. The van der Waals surface area contributed by atoms with Crippen molar-refractivity contribution in [2.24, 2.45) is 0 Å². The van der Waals surface area contributed by atoms with Gasteiger partial charge in [0.25, 0.3) is 0 Å². The predicted octanol–water partition coefficient (Wildman–Crippen LogP) is 3.04. The average Bonchev–Trinajstić information content (AvgIpc) is 3.03. The van der Waals surface area contributed by atoms with Crippen molar-refractivity contribution in [3.8, 4) is 0 Å². The molecule has 1 aromatic heterocycles. The zero-order valence-corrected chi connectivity index (χ0v) is 11.7. The molecule has 6 heteroatoms. The van der Waals surface area contributed by atoms with Crippen molar-refractivity contribution in [2.45, 2.75) is 18.8 Å². The number of nitrogens with one attached hydrogen (secondary N) is 1. The SMILES string of the molecule is Clc1ccc(Cc2noc(C3CCNC3)n2)c(Cl)c1. The van der Waals surface area contributed by atoms with Gasteiger partial charge in [-0.25, -0.2) is 0 Å². The van der Waals surface area contributed by atoms with Crippen molar-refractivity contribution in [2.75, 3.05) is 13.1 Å². The molecule has 1 N–H and O–H groups in total. The molecule has 19 heavy (non-hydrogen) atoms. The molecule has 100 valence electrons. The summed E-state index contributed by atoms with van der Waals surface area (Å²) in [5.74, 6) is 1.71. The van der Waals surface area contributed by atoms with Gasteiger partial charge in [0, 0.05) is 23.0 Å². The van der Waals surface area contributed by atoms with Gasteiger partial charge in [-0.15, -0.1) is 0 Å². The maximum Gasteiger partial charge on any atom is 0.231 e. The molecular weight excluding hydrogens is 285 g/mol. The van der Waals surface area contributed by atoms with Crippen molar-refractivity contribution in [3.05, 3.63) is 45.5 Å². The van der Waals surface area contributed by atoms with Crippen molar-refractivity contribution in [1.29, 1.82) is 0 Å². The second-order valence-electron chi connectivity index (χ2n) is 4.65. The number of nitrogens with zero attached hydrogens (tertiary/aromatic N) is 2. The van der Waals surface area contributed by atoms with E-state index < -0.39 is 0 Å². The van der Waals surface area contributed by atoms with Crippen LogP contribution in [0, 0.1) is 0 Å². The highest BCUT2D eigenvalue weighted by atomic mass is 35.5. The van der Waals surface area contributed by atoms with Crippen LogP contribution in [0.3, 0.4) is 0 Å². The lowest BCUT2D eigenvalue weighted by molar-refractivity contribution is 0.355. The summed E-state index contributed by atoms with van der Waals surface area (Å²) in [6.45, 7) is 1.91. The van der Waals surface area contributed by atoms with Crippen LogP contribution in [0.4, 0.5) is 0 Å². The van der Waals surface area contributed by atoms with E-state index in [2.05, 4.69) is 15.5 Å². The Bertz CT molecular complexity index is 579. The predicted molar refractivity (Wildman–Crippen MR) is 73.8 cm³/mol. The lowest BCUT2D eigenvalue weighted by Crippen LogP contribution is -2.08. The third-order valence-electron chi connectivity index (χ3n) is 3.26. The van der Waals surface area contributed by atoms with Crippen molar-refractivity contribution < 1.29 is 4.52 Å². The summed E-state index contributed by atoms with van der Waals surface area (Å²) in [6.07, 6.45) is 1.60. The van der Waals surface area contributed by atoms with Gasteiger partial charge < -0.3 is 9.84 Å². The molecule has 2 aromatic rings. The summed E-state index contributed by atoms with van der Waals surface area (Å²) in [6, 6.07) is 5.42. The molecule has 4 nitrogen and oxygen atoms in total. The van der Waals surface area contributed by atoms with Crippen LogP contribution in [0.5, 0.6) is 0 Å². The average molecular weight is 298 g/mol. The van der Waals surface area contributed by atoms with Gasteiger partial charge in [-0.2, -0.15) is 4.98 Å². The Morgan fingerprint density at radius 1 is 1.37 bits per heavy atom. The Kier molecular flexibility index (Phi) is 3.73. The van der Waals surface area contributed by atoms with E-state index in [1.165, 1.54) is 0 Å². The van der Waals surface area contributed by atoms with Gasteiger partial charge in [0.1, 0.15) is 0 Å². The zero-order chi connectivity index (χ0) is 13.2. The Hall–Kier alpha value is -1.10. The molecule has 1 atom stereocenters. The molecule has 1 aliphatic heterocycles. The molecule has 0 saturated carbocycles. The first-order chi connectivity index (χ1) is 9.22. The number of hydrogen-bond donors (Lipinski definition) is 1. The van der Waals surface area contributed by atoms with E-state index in [0.29, 0.717) is 34.1 Å². The van der Waals surface area contributed by atoms with Crippen LogP contribution < -0.4 is 5.32 Å². The smallest absolute Gasteiger partial charge is 0.231 e. The molecule has 0 bridgehead atoms. The van der Waals surface area contributed by atoms with Crippen LogP contribution in [-0.4, -0.2) is 23.2 Å². The number of hydrogen-bond acceptors (Lipinski definition) is 4. The fraction of sp³-hybridized carbons (Fsp3) is 0.385. The van der Waals surface area contributed by atoms with Gasteiger partial charge in [-0.3, -0.25) is 0 Å². The number of aromatic nitrogens is 2. The summed E-state index contributed by atoms with van der Waals surface area (Å²) in [5.41, 5.74) is 0.947. The van der Waals surface area contributed by atoms with Crippen LogP contribution in [-0.2, 0) is 6.42 Å². The molecular formula is C13H13Cl2N3O. The Labute approximate surface area is 121 Å². The fourth-order valence-corrected chi connectivity index (χ4v) is 2.68. The van der Waals surface area contributed by atoms with E-state index in [0.717, 1.165) is 25.1 Å². The molecule has 1 aromatic carbocycles. The highest BCUT2D eigenvalue weighted by molar-refractivity contribution is 6.35. The van der Waals surface area contributed by atoms with Gasteiger partial charge in [-0.05, 0) is 30.7 Å². The second-order valence-corrected chi connectivity index (χ2v) is 5.49. The lowest BCUT2D eigenvalue weighted by Gasteiger charge is -2.01. The highest BCUT2D eigenvalue weighted by Gasteiger charge is 2.22. The summed E-state index contributed by atoms with van der Waals surface area (Å²) < 4.78 is 5.31. The molecule has 1 saturated heterocycles. The van der Waals surface area contributed by atoms with E-state index in [4.69, 9.17) is 27.7 Å². The monoisotopic (exact) mass is 297 g/mol. The standard InChI is InChI=1S/C13H13Cl2N3O/c14-10-2-1-8(11(15)6-10)5-12-17-13(19-18-12)9-3-4-16-7-9/h1-2,6,9,16H,3-5,7H2. The Morgan fingerprint density at radius 2 is 2.26 bits per heavy atom. The van der Waals surface area contributed by atoms with Gasteiger partial charge in [0.05, 0.1) is 5.92 Å². The minimum Gasteiger partial charge on any atom is -0.339 e. The third-order valence-corrected chi connectivity index (χ3v) is 3.84. The molecule has 1 unspecified atom stereocenters. The minimum absolute atomic E-state index is 0.335. The van der Waals surface area contributed by atoms with Crippen LogP contribution in [0.2, 0.25) is 10.0 Å². The van der Waals surface area contributed by atoms with Gasteiger partial charge in [0.2, 0.25) is 5.89 Å². The van der Waals surface area contributed by atoms with Crippen LogP contribution in [0.15, 0.2) is 22.7 Å². The van der Waals surface area contributed by atoms with E-state index in [-0.39, 0.29) is 0 Å². The normalized spacial score (nSPS) is 18.9. The van der Waals surface area contributed by atoms with Crippen molar-refractivity contribution in [3.63, 3.8) is 0 Å². The van der Waals surface area contributed by atoms with E-state index >= 15 is 0 Å². The topological polar surface area (TPSA) is 51.0 Å². The molecule has 0 spiro atoms. The van der Waals surface area contributed by atoms with Gasteiger partial charge in [-0.1, -0.05) is 34.4 Å². The van der Waals surface area contributed by atoms with E-state index in [1.54, 1.807) is 6.07 Å². The van der Waals surface area contributed by atoms with Gasteiger partial charge >= 0.3 is 0 Å². The minimum atomic E-state index is 0.335. The maximum absolute atomic E-state index is 6.13. The van der Waals surface area contributed by atoms with Crippen LogP contribution in [0.1, 0.15) is 29.6 Å². The first-order valence-corrected chi connectivity index (χ1v) is 6.95.